The van der Waals surface area contributed by atoms with Gasteiger partial charge in [0.2, 0.25) is 5.79 Å². The molecule has 0 aromatic heterocycles. The molecule has 1 heterocycles. The molecule has 13 nitrogen and oxygen atoms in total. The molecule has 3 N–H and O–H groups in total. The molecule has 1 aliphatic heterocycles. The van der Waals surface area contributed by atoms with E-state index < -0.39 is 34.6 Å². The lowest BCUT2D eigenvalue weighted by Gasteiger charge is -2.59. The number of ether oxygens (including phenoxy) is 3. The predicted molar refractivity (Wildman–Crippen MR) is 229 cm³/mol. The first-order valence-electron chi connectivity index (χ1n) is 21.1. The number of nitrogens with zero attached hydrogens (tertiary/aromatic N) is 3. The molecule has 4 aromatic carbocycles. The van der Waals surface area contributed by atoms with Crippen molar-refractivity contribution in [3.63, 3.8) is 0 Å². The quantitative estimate of drug-likeness (QED) is 0.0358. The van der Waals surface area contributed by atoms with E-state index >= 15 is 0 Å². The third kappa shape index (κ3) is 9.67. The van der Waals surface area contributed by atoms with E-state index in [0.29, 0.717) is 42.7 Å². The normalized spacial score (nSPS) is 23.0. The number of rotatable bonds is 19. The maximum Gasteiger partial charge on any atom is 0.416 e. The van der Waals surface area contributed by atoms with E-state index in [-0.39, 0.29) is 74.3 Å². The number of aliphatic hydroxyl groups is 2. The molecule has 1 saturated carbocycles. The molecule has 3 aliphatic rings. The summed E-state index contributed by atoms with van der Waals surface area (Å²) in [6.07, 6.45) is 7.13. The van der Waals surface area contributed by atoms with Crippen molar-refractivity contribution in [1.82, 2.24) is 4.90 Å². The van der Waals surface area contributed by atoms with Crippen molar-refractivity contribution in [3.05, 3.63) is 154 Å². The molecule has 0 saturated heterocycles. The number of aliphatic hydroxyl groups excluding tert-OH is 2. The molecule has 0 unspecified atom stereocenters. The summed E-state index contributed by atoms with van der Waals surface area (Å²) in [7, 11) is 0. The lowest BCUT2D eigenvalue weighted by molar-refractivity contribution is -0.384. The number of amides is 1. The minimum Gasteiger partial charge on any atom is -0.508 e. The smallest absolute Gasteiger partial charge is 0.416 e. The fraction of sp³-hybridized carbons (Fsp3) is 0.375. The molecule has 4 aromatic rings. The number of aromatic hydroxyl groups is 1. The van der Waals surface area contributed by atoms with Crippen LogP contribution >= 0.6 is 0 Å². The van der Waals surface area contributed by atoms with Gasteiger partial charge in [-0.3, -0.25) is 15.0 Å². The van der Waals surface area contributed by atoms with E-state index in [4.69, 9.17) is 24.2 Å². The van der Waals surface area contributed by atoms with Crippen LogP contribution in [0, 0.1) is 33.7 Å². The minimum atomic E-state index is -1.65. The summed E-state index contributed by atoms with van der Waals surface area (Å²) < 4.78 is 34.5. The van der Waals surface area contributed by atoms with Gasteiger partial charge in [-0.05, 0) is 96.7 Å². The number of hydrogen-bond acceptors (Lipinski definition) is 11. The number of nitro groups is 1. The Balaban J connectivity index is 1.44. The van der Waals surface area contributed by atoms with Crippen LogP contribution in [0.15, 0.2) is 127 Å². The minimum absolute atomic E-state index is 0.00823. The Kier molecular flexibility index (Phi) is 14.3. The largest absolute Gasteiger partial charge is 0.508 e. The number of hydrogen-bond donors (Lipinski definition) is 3. The number of phenols is 1. The van der Waals surface area contributed by atoms with E-state index in [0.717, 1.165) is 29.5 Å². The summed E-state index contributed by atoms with van der Waals surface area (Å²) in [6.45, 7) is 4.11. The lowest BCUT2D eigenvalue weighted by Crippen LogP contribution is -2.70. The van der Waals surface area contributed by atoms with Crippen molar-refractivity contribution >= 4 is 17.5 Å². The maximum atomic E-state index is 14.9. The summed E-state index contributed by atoms with van der Waals surface area (Å²) in [6, 6.07) is 24.5. The van der Waals surface area contributed by atoms with Gasteiger partial charge in [0.25, 0.3) is 5.69 Å². The van der Waals surface area contributed by atoms with Crippen LogP contribution in [-0.4, -0.2) is 68.6 Å². The molecule has 1 amide bonds. The van der Waals surface area contributed by atoms with Crippen LogP contribution in [0.3, 0.4) is 0 Å². The zero-order chi connectivity index (χ0) is 43.6. The van der Waals surface area contributed by atoms with Crippen molar-refractivity contribution < 1.29 is 48.5 Å². The van der Waals surface area contributed by atoms with Gasteiger partial charge in [-0.2, -0.15) is 0 Å². The van der Waals surface area contributed by atoms with Gasteiger partial charge >= 0.3 is 6.09 Å². The third-order valence-corrected chi connectivity index (χ3v) is 12.0. The van der Waals surface area contributed by atoms with Crippen molar-refractivity contribution in [2.75, 3.05) is 19.8 Å². The van der Waals surface area contributed by atoms with E-state index in [1.807, 2.05) is 30.3 Å². The van der Waals surface area contributed by atoms with Crippen LogP contribution in [-0.2, 0) is 22.7 Å². The summed E-state index contributed by atoms with van der Waals surface area (Å²) in [5.41, 5.74) is 3.37. The average molecular weight is 850 g/mol. The highest BCUT2D eigenvalue weighted by Crippen LogP contribution is 2.62. The molecule has 62 heavy (non-hydrogen) atoms. The van der Waals surface area contributed by atoms with Gasteiger partial charge in [-0.25, -0.2) is 9.18 Å². The average Bonchev–Trinajstić information content (AvgIpc) is 3.27. The zero-order valence-corrected chi connectivity index (χ0v) is 34.4. The number of fused-ring (bicyclic) bond motifs is 2. The van der Waals surface area contributed by atoms with Gasteiger partial charge in [0.15, 0.2) is 0 Å². The van der Waals surface area contributed by atoms with E-state index in [1.54, 1.807) is 36.4 Å². The van der Waals surface area contributed by atoms with E-state index in [9.17, 15) is 34.6 Å². The summed E-state index contributed by atoms with van der Waals surface area (Å²) in [5.74, 6) is -2.70. The number of unbranched alkanes of at least 4 members (excludes halogenated alkanes) is 2. The topological polar surface area (TPSA) is 173 Å². The molecular weight excluding hydrogens is 798 g/mol. The summed E-state index contributed by atoms with van der Waals surface area (Å²) in [4.78, 5) is 33.4. The number of carbonyl (C=O) groups excluding carboxylic acids is 1. The Labute approximate surface area is 359 Å². The van der Waals surface area contributed by atoms with Crippen molar-refractivity contribution in [2.24, 2.45) is 22.9 Å². The monoisotopic (exact) mass is 849 g/mol. The lowest BCUT2D eigenvalue weighted by atomic mass is 9.55. The second kappa shape index (κ2) is 20.2. The molecule has 14 heteroatoms. The first-order chi connectivity index (χ1) is 30.1. The van der Waals surface area contributed by atoms with Crippen LogP contribution in [0.1, 0.15) is 67.6 Å². The Morgan fingerprint density at radius 3 is 2.39 bits per heavy atom. The number of carbonyl (C=O) groups is 1. The van der Waals surface area contributed by atoms with Crippen molar-refractivity contribution in [2.45, 2.75) is 75.8 Å². The number of non-ortho nitro benzene ring substituents is 1. The number of allylic oxidation sites excluding steroid dienone is 1. The van der Waals surface area contributed by atoms with Gasteiger partial charge in [0, 0.05) is 49.8 Å². The predicted octanol–water partition coefficient (Wildman–Crippen LogP) is 8.97. The van der Waals surface area contributed by atoms with Crippen molar-refractivity contribution in [1.29, 1.82) is 0 Å². The molecular formula is C48H52FN3O10. The standard InChI is InChI=1S/C48H52FN3O10/c1-2-26-59-48-44(51(30-32-14-16-35(49)17-15-32)47(56)61-38-21-18-36(19-22-38)52(57)58)29-42(50-60-31-33-10-4-3-5-11-33)40-27-34(12-6-8-24-53)39(13-7-9-25-54)45(46(40)48)41-28-37(55)20-23-43(41)62-48/h2-5,10-11,14-23,27-28,34,39,44-46,53-55H,1,6-9,12-13,24-26,29-31H2/t34-,39+,44-,45+,46+,48+/m0/s1. The molecule has 326 valence electrons. The molecule has 0 spiro atoms. The maximum absolute atomic E-state index is 14.9. The number of nitro benzene ring substituents is 1. The number of benzene rings is 4. The fourth-order valence-corrected chi connectivity index (χ4v) is 9.30. The number of halogens is 1. The molecule has 0 radical (unpaired) electrons. The molecule has 0 bridgehead atoms. The van der Waals surface area contributed by atoms with E-state index in [1.165, 1.54) is 41.3 Å². The van der Waals surface area contributed by atoms with Crippen LogP contribution in [0.2, 0.25) is 0 Å². The summed E-state index contributed by atoms with van der Waals surface area (Å²) in [5, 5.41) is 47.0. The van der Waals surface area contributed by atoms with Crippen molar-refractivity contribution in [3.8, 4) is 17.2 Å². The highest BCUT2D eigenvalue weighted by Gasteiger charge is 2.65. The van der Waals surface area contributed by atoms with Crippen LogP contribution in [0.25, 0.3) is 0 Å². The Morgan fingerprint density at radius 2 is 1.69 bits per heavy atom. The van der Waals surface area contributed by atoms with Crippen LogP contribution < -0.4 is 9.47 Å². The molecule has 2 aliphatic carbocycles. The molecule has 1 fully saturated rings. The SMILES string of the molecule is C=CCO[C@@]12Oc3ccc(O)cc3[C@H]3[C@H](CCCCO)[C@@H](CCCCO)C=C(C(=NOCc4ccccc4)C[C@@H]1N(Cc1ccc(F)cc1)C(=O)Oc1ccc([N+](=O)[O-])cc1)[C@H]32. The Morgan fingerprint density at radius 1 is 0.968 bits per heavy atom. The highest BCUT2D eigenvalue weighted by molar-refractivity contribution is 6.03. The van der Waals surface area contributed by atoms with Gasteiger partial charge in [-0.1, -0.05) is 72.6 Å². The first kappa shape index (κ1) is 44.0. The van der Waals surface area contributed by atoms with Gasteiger partial charge in [0.05, 0.1) is 23.2 Å². The fourth-order valence-electron chi connectivity index (χ4n) is 9.30. The first-order valence-corrected chi connectivity index (χ1v) is 21.1. The second-order valence-corrected chi connectivity index (χ2v) is 15.9. The number of phenolic OH excluding ortho intramolecular Hbond substituents is 1. The Hall–Kier alpha value is -6.09. The summed E-state index contributed by atoms with van der Waals surface area (Å²) >= 11 is 0. The van der Waals surface area contributed by atoms with Gasteiger partial charge < -0.3 is 34.4 Å². The third-order valence-electron chi connectivity index (χ3n) is 12.0. The highest BCUT2D eigenvalue weighted by atomic mass is 19.1. The van der Waals surface area contributed by atoms with Crippen LogP contribution in [0.4, 0.5) is 14.9 Å². The molecule has 7 rings (SSSR count). The zero-order valence-electron chi connectivity index (χ0n) is 34.4. The van der Waals surface area contributed by atoms with Gasteiger partial charge in [0.1, 0.15) is 35.7 Å². The van der Waals surface area contributed by atoms with Gasteiger partial charge in [-0.15, -0.1) is 6.58 Å². The number of oxime groups is 1. The molecule has 6 atom stereocenters. The second-order valence-electron chi connectivity index (χ2n) is 15.9. The van der Waals surface area contributed by atoms with E-state index in [2.05, 4.69) is 12.7 Å². The van der Waals surface area contributed by atoms with Crippen LogP contribution in [0.5, 0.6) is 17.2 Å². The Bertz CT molecular complexity index is 2240.